The molecule has 0 spiro atoms. The molecular weight excluding hydrogens is 523 g/mol. The van der Waals surface area contributed by atoms with Crippen molar-refractivity contribution in [2.75, 3.05) is 26.2 Å². The first-order valence-electron chi connectivity index (χ1n) is 14.3. The first kappa shape index (κ1) is 28.6. The summed E-state index contributed by atoms with van der Waals surface area (Å²) in [7, 11) is 0. The summed E-state index contributed by atoms with van der Waals surface area (Å²) in [5.41, 5.74) is 2.36. The monoisotopic (exact) mass is 560 g/mol. The van der Waals surface area contributed by atoms with Gasteiger partial charge in [0.15, 0.2) is 0 Å². The lowest BCUT2D eigenvalue weighted by Crippen LogP contribution is -2.51. The van der Waals surface area contributed by atoms with Gasteiger partial charge in [-0.15, -0.1) is 11.7 Å². The number of aromatic nitrogens is 3. The maximum absolute atomic E-state index is 13.5. The number of benzene rings is 2. The van der Waals surface area contributed by atoms with Crippen molar-refractivity contribution in [3.05, 3.63) is 90.5 Å². The van der Waals surface area contributed by atoms with E-state index in [9.17, 15) is 19.1 Å². The zero-order valence-electron chi connectivity index (χ0n) is 23.1. The number of rotatable bonds is 12. The van der Waals surface area contributed by atoms with Crippen molar-refractivity contribution in [1.82, 2.24) is 30.1 Å². The van der Waals surface area contributed by atoms with E-state index < -0.39 is 12.1 Å². The van der Waals surface area contributed by atoms with E-state index in [1.807, 2.05) is 18.2 Å². The topological polar surface area (TPSA) is 104 Å². The number of aliphatic hydroxyl groups excluding tert-OH is 1. The summed E-state index contributed by atoms with van der Waals surface area (Å²) < 4.78 is 15.0. The first-order chi connectivity index (χ1) is 19.9. The van der Waals surface area contributed by atoms with Crippen LogP contribution < -0.4 is 5.32 Å². The molecule has 5 rings (SSSR count). The predicted molar refractivity (Wildman–Crippen MR) is 153 cm³/mol. The van der Waals surface area contributed by atoms with E-state index in [1.165, 1.54) is 12.1 Å². The Morgan fingerprint density at radius 2 is 1.88 bits per heavy atom. The van der Waals surface area contributed by atoms with Crippen molar-refractivity contribution in [3.8, 4) is 5.69 Å². The number of hydrogen-bond acceptors (Lipinski definition) is 6. The number of piperidine rings is 1. The van der Waals surface area contributed by atoms with Crippen LogP contribution in [0.15, 0.2) is 73.6 Å². The highest BCUT2D eigenvalue weighted by Crippen LogP contribution is 2.44. The lowest BCUT2D eigenvalue weighted by molar-refractivity contribution is -0.135. The minimum absolute atomic E-state index is 0.115. The number of likely N-dealkylation sites (tertiary alicyclic amines) is 1. The number of halogens is 1. The molecule has 3 atom stereocenters. The molecule has 1 saturated carbocycles. The lowest BCUT2D eigenvalue weighted by atomic mass is 10.0. The van der Waals surface area contributed by atoms with Crippen LogP contribution in [0.1, 0.15) is 53.9 Å². The highest BCUT2D eigenvalue weighted by Gasteiger charge is 2.42. The summed E-state index contributed by atoms with van der Waals surface area (Å²) in [6.07, 6.45) is 8.06. The van der Waals surface area contributed by atoms with Crippen LogP contribution in [0.3, 0.4) is 0 Å². The molecule has 1 aliphatic carbocycles. The van der Waals surface area contributed by atoms with Crippen LogP contribution in [-0.2, 0) is 4.79 Å². The molecular formula is C31H37FN6O3. The van der Waals surface area contributed by atoms with Crippen molar-refractivity contribution in [2.45, 2.75) is 56.2 Å². The fraction of sp³-hybridized carbons (Fsp3) is 0.419. The Balaban J connectivity index is 1.22. The molecule has 10 heteroatoms. The van der Waals surface area contributed by atoms with Crippen molar-refractivity contribution >= 4 is 11.8 Å². The van der Waals surface area contributed by atoms with Crippen LogP contribution >= 0.6 is 0 Å². The second-order valence-corrected chi connectivity index (χ2v) is 10.9. The largest absolute Gasteiger partial charge is 0.393 e. The minimum Gasteiger partial charge on any atom is -0.393 e. The van der Waals surface area contributed by atoms with Gasteiger partial charge in [-0.2, -0.15) is 0 Å². The van der Waals surface area contributed by atoms with Gasteiger partial charge in [0.25, 0.3) is 5.91 Å². The average molecular weight is 561 g/mol. The minimum atomic E-state index is -0.676. The van der Waals surface area contributed by atoms with E-state index in [1.54, 1.807) is 46.2 Å². The van der Waals surface area contributed by atoms with Crippen LogP contribution in [0.2, 0.25) is 0 Å². The number of amides is 2. The summed E-state index contributed by atoms with van der Waals surface area (Å²) in [6, 6.07) is 13.4. The van der Waals surface area contributed by atoms with Gasteiger partial charge >= 0.3 is 0 Å². The Hall–Kier alpha value is -3.89. The Morgan fingerprint density at radius 3 is 2.54 bits per heavy atom. The number of nitrogens with zero attached hydrogens (tertiary/aromatic N) is 5. The molecule has 216 valence electrons. The van der Waals surface area contributed by atoms with Crippen LogP contribution in [0.4, 0.5) is 4.39 Å². The molecule has 1 aliphatic heterocycles. The fourth-order valence-corrected chi connectivity index (χ4v) is 5.63. The maximum Gasteiger partial charge on any atom is 0.251 e. The molecule has 9 nitrogen and oxygen atoms in total. The van der Waals surface area contributed by atoms with E-state index in [-0.39, 0.29) is 17.6 Å². The lowest BCUT2D eigenvalue weighted by Gasteiger charge is -2.33. The number of hydrogen-bond donors (Lipinski definition) is 2. The van der Waals surface area contributed by atoms with Gasteiger partial charge in [0.1, 0.15) is 11.9 Å². The van der Waals surface area contributed by atoms with Gasteiger partial charge in [-0.1, -0.05) is 23.4 Å². The van der Waals surface area contributed by atoms with Gasteiger partial charge in [-0.3, -0.25) is 14.5 Å². The second kappa shape index (κ2) is 13.2. The molecule has 0 radical (unpaired) electrons. The number of aliphatic hydroxyl groups is 1. The predicted octanol–water partition coefficient (Wildman–Crippen LogP) is 3.31. The van der Waals surface area contributed by atoms with Gasteiger partial charge in [-0.25, -0.2) is 9.07 Å². The molecule has 2 aliphatic rings. The molecule has 1 aromatic heterocycles. The summed E-state index contributed by atoms with van der Waals surface area (Å²) in [5, 5.41) is 20.7. The highest BCUT2D eigenvalue weighted by atomic mass is 19.1. The number of carbonyl (C=O) groups excluding carboxylic acids is 2. The molecule has 3 aromatic rings. The zero-order valence-corrected chi connectivity index (χ0v) is 23.1. The third kappa shape index (κ3) is 7.25. The third-order valence-corrected chi connectivity index (χ3v) is 8.02. The van der Waals surface area contributed by atoms with Crippen LogP contribution in [-0.4, -0.2) is 86.1 Å². The van der Waals surface area contributed by atoms with E-state index in [0.717, 1.165) is 30.8 Å². The van der Waals surface area contributed by atoms with E-state index in [0.29, 0.717) is 56.3 Å². The number of nitrogens with one attached hydrogen (secondary N) is 1. The second-order valence-electron chi connectivity index (χ2n) is 10.9. The fourth-order valence-electron chi connectivity index (χ4n) is 5.63. The smallest absolute Gasteiger partial charge is 0.251 e. The SMILES string of the molecule is C=CCN(CCC[C@H](NC(=O)c1ccc(-n2ccnn2)cc1)C(=O)N1CCC(O)CC1)[C@@H]1C[C@H]1c1ccc(F)cc1. The molecule has 41 heavy (non-hydrogen) atoms. The van der Waals surface area contributed by atoms with Crippen LogP contribution in [0.5, 0.6) is 0 Å². The zero-order chi connectivity index (χ0) is 28.8. The van der Waals surface area contributed by atoms with Gasteiger partial charge in [0.05, 0.1) is 24.2 Å². The van der Waals surface area contributed by atoms with E-state index in [2.05, 4.69) is 27.1 Å². The molecule has 2 amide bonds. The maximum atomic E-state index is 13.5. The van der Waals surface area contributed by atoms with Crippen molar-refractivity contribution < 1.29 is 19.1 Å². The van der Waals surface area contributed by atoms with Crippen molar-refractivity contribution in [1.29, 1.82) is 0 Å². The van der Waals surface area contributed by atoms with Crippen LogP contribution in [0, 0.1) is 5.82 Å². The molecule has 2 N–H and O–H groups in total. The normalized spacial score (nSPS) is 19.6. The Labute approximate surface area is 239 Å². The quantitative estimate of drug-likeness (QED) is 0.330. The third-order valence-electron chi connectivity index (χ3n) is 8.02. The summed E-state index contributed by atoms with van der Waals surface area (Å²) in [5.74, 6) is -0.309. The van der Waals surface area contributed by atoms with Crippen molar-refractivity contribution in [3.63, 3.8) is 0 Å². The summed E-state index contributed by atoms with van der Waals surface area (Å²) in [6.45, 7) is 6.33. The van der Waals surface area contributed by atoms with Gasteiger partial charge in [-0.05, 0) is 80.6 Å². The molecule has 2 fully saturated rings. The first-order valence-corrected chi connectivity index (χ1v) is 14.3. The van der Waals surface area contributed by atoms with Gasteiger partial charge < -0.3 is 15.3 Å². The van der Waals surface area contributed by atoms with Crippen molar-refractivity contribution in [2.24, 2.45) is 0 Å². The Bertz CT molecular complexity index is 1310. The van der Waals surface area contributed by atoms with Crippen LogP contribution in [0.25, 0.3) is 5.69 Å². The Morgan fingerprint density at radius 1 is 1.15 bits per heavy atom. The van der Waals surface area contributed by atoms with E-state index in [4.69, 9.17) is 0 Å². The summed E-state index contributed by atoms with van der Waals surface area (Å²) in [4.78, 5) is 30.9. The Kier molecular flexibility index (Phi) is 9.21. The molecule has 1 saturated heterocycles. The standard InChI is InChI=1S/C31H37FN6O3/c1-2-16-36(29-21-27(29)22-5-9-24(32)10-6-22)17-3-4-28(31(41)37-18-13-26(39)14-19-37)34-30(40)23-7-11-25(12-8-23)38-20-15-33-35-38/h2,5-12,15,20,26-29,39H,1,3-4,13-14,16-19,21H2,(H,34,40)/t27-,28-,29+/m0/s1. The van der Waals surface area contributed by atoms with E-state index >= 15 is 0 Å². The van der Waals surface area contributed by atoms with Gasteiger partial charge in [0.2, 0.25) is 5.91 Å². The molecule has 2 heterocycles. The van der Waals surface area contributed by atoms with Gasteiger partial charge in [0, 0.05) is 37.2 Å². The molecule has 0 bridgehead atoms. The molecule has 2 aromatic carbocycles. The number of carbonyl (C=O) groups is 2. The highest BCUT2D eigenvalue weighted by molar-refractivity contribution is 5.97. The average Bonchev–Trinajstić information content (AvgIpc) is 3.59. The summed E-state index contributed by atoms with van der Waals surface area (Å²) >= 11 is 0. The molecule has 0 unspecified atom stereocenters.